The molecule has 1 heterocycles. The van der Waals surface area contributed by atoms with Crippen molar-refractivity contribution in [1.82, 2.24) is 10.4 Å². The van der Waals surface area contributed by atoms with Gasteiger partial charge in [0.1, 0.15) is 0 Å². The Labute approximate surface area is 120 Å². The molecule has 1 aliphatic carbocycles. The van der Waals surface area contributed by atoms with Crippen LogP contribution < -0.4 is 11.3 Å². The highest BCUT2D eigenvalue weighted by molar-refractivity contribution is 5.85. The lowest BCUT2D eigenvalue weighted by Gasteiger charge is -2.24. The first-order chi connectivity index (χ1) is 9.83. The average Bonchev–Trinajstić information content (AvgIpc) is 2.97. The van der Waals surface area contributed by atoms with Crippen LogP contribution in [0.4, 0.5) is 0 Å². The fourth-order valence-corrected chi connectivity index (χ4v) is 3.69. The van der Waals surface area contributed by atoms with Crippen LogP contribution in [0.25, 0.3) is 10.8 Å². The molecular weight excluding hydrogens is 246 g/mol. The van der Waals surface area contributed by atoms with E-state index in [0.717, 1.165) is 5.92 Å². The number of rotatable bonds is 4. The molecule has 0 radical (unpaired) electrons. The first-order valence-corrected chi connectivity index (χ1v) is 7.62. The van der Waals surface area contributed by atoms with E-state index in [4.69, 9.17) is 5.84 Å². The number of aromatic nitrogens is 1. The van der Waals surface area contributed by atoms with Crippen LogP contribution in [-0.4, -0.2) is 4.98 Å². The predicted molar refractivity (Wildman–Crippen MR) is 82.9 cm³/mol. The summed E-state index contributed by atoms with van der Waals surface area (Å²) in [6.07, 6.45) is 8.97. The van der Waals surface area contributed by atoms with Crippen molar-refractivity contribution in [3.05, 3.63) is 42.2 Å². The molecule has 20 heavy (non-hydrogen) atoms. The number of benzene rings is 1. The maximum Gasteiger partial charge on any atom is 0.0494 e. The first kappa shape index (κ1) is 13.5. The molecule has 3 rings (SSSR count). The highest BCUT2D eigenvalue weighted by atomic mass is 15.2. The Morgan fingerprint density at radius 3 is 3.00 bits per heavy atom. The minimum absolute atomic E-state index is 0.248. The van der Waals surface area contributed by atoms with Crippen LogP contribution in [0.1, 0.15) is 44.2 Å². The SMILES string of the molecule is CCC1CCC(C(NN)c2cccc3cnccc23)C1. The zero-order chi connectivity index (χ0) is 13.9. The third-order valence-corrected chi connectivity index (χ3v) is 4.86. The molecule has 0 bridgehead atoms. The molecule has 0 aliphatic heterocycles. The Morgan fingerprint density at radius 1 is 1.35 bits per heavy atom. The van der Waals surface area contributed by atoms with E-state index in [9.17, 15) is 0 Å². The van der Waals surface area contributed by atoms with Gasteiger partial charge < -0.3 is 0 Å². The topological polar surface area (TPSA) is 50.9 Å². The number of fused-ring (bicyclic) bond motifs is 1. The predicted octanol–water partition coefficient (Wildman–Crippen LogP) is 3.57. The minimum atomic E-state index is 0.248. The van der Waals surface area contributed by atoms with Crippen LogP contribution in [0, 0.1) is 11.8 Å². The summed E-state index contributed by atoms with van der Waals surface area (Å²) >= 11 is 0. The molecule has 106 valence electrons. The number of nitrogens with two attached hydrogens (primary N) is 1. The fraction of sp³-hybridized carbons (Fsp3) is 0.471. The van der Waals surface area contributed by atoms with Crippen molar-refractivity contribution in [2.75, 3.05) is 0 Å². The molecule has 1 saturated carbocycles. The van der Waals surface area contributed by atoms with Crippen LogP contribution in [0.3, 0.4) is 0 Å². The zero-order valence-electron chi connectivity index (χ0n) is 12.0. The number of pyridine rings is 1. The Kier molecular flexibility index (Phi) is 3.99. The lowest BCUT2D eigenvalue weighted by Crippen LogP contribution is -2.33. The third kappa shape index (κ3) is 2.43. The second-order valence-corrected chi connectivity index (χ2v) is 5.94. The van der Waals surface area contributed by atoms with Crippen LogP contribution in [0.15, 0.2) is 36.7 Å². The molecule has 3 unspecified atom stereocenters. The summed E-state index contributed by atoms with van der Waals surface area (Å²) in [6, 6.07) is 8.77. The molecule has 3 nitrogen and oxygen atoms in total. The molecule has 0 amide bonds. The molecule has 3 atom stereocenters. The van der Waals surface area contributed by atoms with E-state index in [1.54, 1.807) is 0 Å². The molecule has 1 aromatic carbocycles. The Balaban J connectivity index is 1.95. The van der Waals surface area contributed by atoms with E-state index in [0.29, 0.717) is 5.92 Å². The summed E-state index contributed by atoms with van der Waals surface area (Å²) in [6.45, 7) is 2.29. The molecule has 0 spiro atoms. The standard InChI is InChI=1S/C17H23N3/c1-2-12-6-7-13(10-12)17(20-18)16-5-3-4-14-11-19-9-8-15(14)16/h3-5,8-9,11-13,17,20H,2,6-7,10,18H2,1H3. The van der Waals surface area contributed by atoms with Crippen molar-refractivity contribution < 1.29 is 0 Å². The van der Waals surface area contributed by atoms with E-state index < -0.39 is 0 Å². The van der Waals surface area contributed by atoms with E-state index in [2.05, 4.69) is 41.6 Å². The molecule has 1 fully saturated rings. The molecule has 3 N–H and O–H groups in total. The second-order valence-electron chi connectivity index (χ2n) is 5.94. The van der Waals surface area contributed by atoms with Crippen LogP contribution in [0.2, 0.25) is 0 Å². The summed E-state index contributed by atoms with van der Waals surface area (Å²) in [5, 5.41) is 2.46. The Bertz CT molecular complexity index is 576. The summed E-state index contributed by atoms with van der Waals surface area (Å²) in [7, 11) is 0. The third-order valence-electron chi connectivity index (χ3n) is 4.86. The van der Waals surface area contributed by atoms with Gasteiger partial charge in [-0.15, -0.1) is 0 Å². The average molecular weight is 269 g/mol. The molecule has 0 saturated heterocycles. The molecule has 1 aromatic heterocycles. The number of nitrogens with zero attached hydrogens (tertiary/aromatic N) is 1. The number of nitrogens with one attached hydrogen (secondary N) is 1. The maximum atomic E-state index is 5.90. The van der Waals surface area contributed by atoms with Gasteiger partial charge in [-0.1, -0.05) is 38.0 Å². The number of hydrazine groups is 1. The molecule has 2 aromatic rings. The highest BCUT2D eigenvalue weighted by Crippen LogP contribution is 2.41. The van der Waals surface area contributed by atoms with Crippen molar-refractivity contribution in [2.45, 2.75) is 38.6 Å². The van der Waals surface area contributed by atoms with Gasteiger partial charge >= 0.3 is 0 Å². The smallest absolute Gasteiger partial charge is 0.0494 e. The fourth-order valence-electron chi connectivity index (χ4n) is 3.69. The minimum Gasteiger partial charge on any atom is -0.271 e. The van der Waals surface area contributed by atoms with Crippen molar-refractivity contribution in [3.8, 4) is 0 Å². The summed E-state index contributed by atoms with van der Waals surface area (Å²) < 4.78 is 0. The lowest BCUT2D eigenvalue weighted by molar-refractivity contribution is 0.360. The van der Waals surface area contributed by atoms with Gasteiger partial charge in [0, 0.05) is 23.8 Å². The summed E-state index contributed by atoms with van der Waals surface area (Å²) in [5.74, 6) is 7.41. The van der Waals surface area contributed by atoms with Gasteiger partial charge in [-0.25, -0.2) is 0 Å². The van der Waals surface area contributed by atoms with E-state index >= 15 is 0 Å². The molecule has 1 aliphatic rings. The van der Waals surface area contributed by atoms with Crippen molar-refractivity contribution >= 4 is 10.8 Å². The van der Waals surface area contributed by atoms with Gasteiger partial charge in [0.2, 0.25) is 0 Å². The highest BCUT2D eigenvalue weighted by Gasteiger charge is 2.31. The largest absolute Gasteiger partial charge is 0.271 e. The molecular formula is C17H23N3. The van der Waals surface area contributed by atoms with Gasteiger partial charge in [-0.05, 0) is 41.7 Å². The Hall–Kier alpha value is -1.45. The second kappa shape index (κ2) is 5.90. The number of hydrogen-bond donors (Lipinski definition) is 2. The van der Waals surface area contributed by atoms with Gasteiger partial charge in [0.15, 0.2) is 0 Å². The van der Waals surface area contributed by atoms with Crippen molar-refractivity contribution in [1.29, 1.82) is 0 Å². The van der Waals surface area contributed by atoms with E-state index in [-0.39, 0.29) is 6.04 Å². The van der Waals surface area contributed by atoms with Crippen LogP contribution in [0.5, 0.6) is 0 Å². The summed E-state index contributed by atoms with van der Waals surface area (Å²) in [4.78, 5) is 4.21. The van der Waals surface area contributed by atoms with Crippen molar-refractivity contribution in [3.63, 3.8) is 0 Å². The van der Waals surface area contributed by atoms with E-state index in [1.165, 1.54) is 42.0 Å². The van der Waals surface area contributed by atoms with Crippen molar-refractivity contribution in [2.24, 2.45) is 17.7 Å². The lowest BCUT2D eigenvalue weighted by atomic mass is 9.88. The Morgan fingerprint density at radius 2 is 2.25 bits per heavy atom. The van der Waals surface area contributed by atoms with Gasteiger partial charge in [0.25, 0.3) is 0 Å². The molecule has 3 heteroatoms. The summed E-state index contributed by atoms with van der Waals surface area (Å²) in [5.41, 5.74) is 4.39. The number of hydrogen-bond acceptors (Lipinski definition) is 3. The van der Waals surface area contributed by atoms with Crippen LogP contribution in [-0.2, 0) is 0 Å². The van der Waals surface area contributed by atoms with Crippen LogP contribution >= 0.6 is 0 Å². The van der Waals surface area contributed by atoms with Gasteiger partial charge in [-0.3, -0.25) is 16.3 Å². The monoisotopic (exact) mass is 269 g/mol. The zero-order valence-corrected chi connectivity index (χ0v) is 12.0. The quantitative estimate of drug-likeness (QED) is 0.659. The maximum absolute atomic E-state index is 5.90. The normalized spacial score (nSPS) is 24.1. The van der Waals surface area contributed by atoms with Gasteiger partial charge in [-0.2, -0.15) is 0 Å². The van der Waals surface area contributed by atoms with Gasteiger partial charge in [0.05, 0.1) is 0 Å². The van der Waals surface area contributed by atoms with E-state index in [1.807, 2.05) is 12.4 Å². The first-order valence-electron chi connectivity index (χ1n) is 7.62.